The largest absolute Gasteiger partial charge is 0.318 e. The molecule has 3 nitrogen and oxygen atoms in total. The Morgan fingerprint density at radius 2 is 1.85 bits per heavy atom. The minimum atomic E-state index is -0.322. The number of nitrogens with one attached hydrogen (secondary N) is 1. The van der Waals surface area contributed by atoms with Crippen LogP contribution in [0.25, 0.3) is 0 Å². The van der Waals surface area contributed by atoms with Crippen LogP contribution in [0, 0.1) is 11.2 Å². The average molecular weight is 274 g/mol. The second-order valence-corrected chi connectivity index (χ2v) is 7.10. The second-order valence-electron chi connectivity index (χ2n) is 7.10. The molecule has 1 heterocycles. The minimum absolute atomic E-state index is 0.0997. The predicted octanol–water partition coefficient (Wildman–Crippen LogP) is 2.59. The van der Waals surface area contributed by atoms with Crippen molar-refractivity contribution in [3.05, 3.63) is 35.6 Å². The Labute approximate surface area is 118 Å². The normalized spacial score (nSPS) is 32.8. The Bertz CT molecular complexity index is 577. The zero-order valence-corrected chi connectivity index (χ0v) is 11.8. The molecule has 106 valence electrons. The highest BCUT2D eigenvalue weighted by molar-refractivity contribution is 5.92. The van der Waals surface area contributed by atoms with Crippen molar-refractivity contribution >= 4 is 5.91 Å². The number of halogens is 1. The molecule has 0 bridgehead atoms. The van der Waals surface area contributed by atoms with Crippen molar-refractivity contribution in [3.63, 3.8) is 0 Å². The molecule has 1 amide bonds. The van der Waals surface area contributed by atoms with Crippen LogP contribution in [-0.2, 0) is 4.79 Å². The Morgan fingerprint density at radius 3 is 2.35 bits per heavy atom. The summed E-state index contributed by atoms with van der Waals surface area (Å²) in [5.41, 5.74) is 0.861. The van der Waals surface area contributed by atoms with Gasteiger partial charge in [-0.15, -0.1) is 0 Å². The summed E-state index contributed by atoms with van der Waals surface area (Å²) in [6.07, 6.45) is 2.80. The Hall–Kier alpha value is -1.42. The first-order valence-electron chi connectivity index (χ1n) is 7.29. The van der Waals surface area contributed by atoms with E-state index in [1.165, 1.54) is 12.1 Å². The van der Waals surface area contributed by atoms with Crippen molar-refractivity contribution in [2.24, 2.45) is 5.41 Å². The summed E-state index contributed by atoms with van der Waals surface area (Å²) in [7, 11) is 0. The maximum Gasteiger partial charge on any atom is 0.244 e. The fourth-order valence-corrected chi connectivity index (χ4v) is 3.37. The lowest BCUT2D eigenvalue weighted by Gasteiger charge is -2.26. The number of carbonyl (C=O) groups is 1. The van der Waals surface area contributed by atoms with Gasteiger partial charge in [-0.05, 0) is 42.4 Å². The summed E-state index contributed by atoms with van der Waals surface area (Å²) in [6, 6.07) is 6.80. The monoisotopic (exact) mass is 274 g/mol. The van der Waals surface area contributed by atoms with Crippen molar-refractivity contribution in [1.29, 1.82) is 0 Å². The number of hydrogen-bond donors (Lipinski definition) is 1. The van der Waals surface area contributed by atoms with Crippen LogP contribution in [0.3, 0.4) is 0 Å². The molecule has 1 spiro atoms. The van der Waals surface area contributed by atoms with E-state index in [4.69, 9.17) is 0 Å². The van der Waals surface area contributed by atoms with Gasteiger partial charge in [0, 0.05) is 6.04 Å². The fourth-order valence-electron chi connectivity index (χ4n) is 3.37. The van der Waals surface area contributed by atoms with Gasteiger partial charge in [-0.25, -0.2) is 4.39 Å². The van der Waals surface area contributed by atoms with E-state index in [9.17, 15) is 9.18 Å². The SMILES string of the molecule is CC1(C)CC1N1C(=O)C2(CC2)NC1c1ccc(F)cc1. The zero-order chi connectivity index (χ0) is 14.1. The summed E-state index contributed by atoms with van der Waals surface area (Å²) in [5.74, 6) is -0.0000829. The number of carbonyl (C=O) groups excluding carboxylic acids is 1. The predicted molar refractivity (Wildman–Crippen MR) is 73.3 cm³/mol. The first-order valence-corrected chi connectivity index (χ1v) is 7.29. The van der Waals surface area contributed by atoms with Crippen LogP contribution in [-0.4, -0.2) is 22.4 Å². The molecule has 1 aliphatic heterocycles. The van der Waals surface area contributed by atoms with Crippen molar-refractivity contribution in [3.8, 4) is 0 Å². The van der Waals surface area contributed by atoms with Crippen LogP contribution >= 0.6 is 0 Å². The van der Waals surface area contributed by atoms with Crippen LogP contribution in [0.4, 0.5) is 4.39 Å². The highest BCUT2D eigenvalue weighted by Crippen LogP contribution is 2.56. The number of hydrogen-bond acceptors (Lipinski definition) is 2. The van der Waals surface area contributed by atoms with E-state index in [1.807, 2.05) is 4.90 Å². The molecule has 0 radical (unpaired) electrons. The number of rotatable bonds is 2. The van der Waals surface area contributed by atoms with Crippen LogP contribution in [0.15, 0.2) is 24.3 Å². The summed E-state index contributed by atoms with van der Waals surface area (Å²) in [5, 5.41) is 3.49. The molecule has 1 N–H and O–H groups in total. The quantitative estimate of drug-likeness (QED) is 0.899. The van der Waals surface area contributed by atoms with Gasteiger partial charge in [0.25, 0.3) is 0 Å². The summed E-state index contributed by atoms with van der Waals surface area (Å²) >= 11 is 0. The van der Waals surface area contributed by atoms with Crippen LogP contribution < -0.4 is 5.32 Å². The van der Waals surface area contributed by atoms with E-state index in [0.29, 0.717) is 6.04 Å². The lowest BCUT2D eigenvalue weighted by molar-refractivity contribution is -0.131. The highest BCUT2D eigenvalue weighted by atomic mass is 19.1. The number of amides is 1. The maximum atomic E-state index is 13.1. The lowest BCUT2D eigenvalue weighted by atomic mass is 10.1. The summed E-state index contributed by atoms with van der Waals surface area (Å²) in [4.78, 5) is 14.7. The third kappa shape index (κ3) is 1.64. The van der Waals surface area contributed by atoms with Gasteiger partial charge in [-0.2, -0.15) is 0 Å². The molecule has 2 atom stereocenters. The number of benzene rings is 1. The second kappa shape index (κ2) is 3.61. The van der Waals surface area contributed by atoms with Crippen LogP contribution in [0.2, 0.25) is 0 Å². The van der Waals surface area contributed by atoms with E-state index in [2.05, 4.69) is 19.2 Å². The Morgan fingerprint density at radius 1 is 1.25 bits per heavy atom. The Balaban J connectivity index is 1.70. The van der Waals surface area contributed by atoms with Gasteiger partial charge in [0.2, 0.25) is 5.91 Å². The highest BCUT2D eigenvalue weighted by Gasteiger charge is 2.65. The minimum Gasteiger partial charge on any atom is -0.318 e. The molecule has 2 aliphatic carbocycles. The van der Waals surface area contributed by atoms with Crippen molar-refractivity contribution in [2.75, 3.05) is 0 Å². The standard InChI is InChI=1S/C16H19FN2O/c1-15(2)9-12(15)19-13(10-3-5-11(17)6-4-10)18-16(7-8-16)14(19)20/h3-6,12-13,18H,7-9H2,1-2H3. The van der Waals surface area contributed by atoms with E-state index < -0.39 is 0 Å². The topological polar surface area (TPSA) is 32.3 Å². The van der Waals surface area contributed by atoms with Gasteiger partial charge in [0.15, 0.2) is 0 Å². The molecule has 0 aromatic heterocycles. The molecule has 4 heteroatoms. The van der Waals surface area contributed by atoms with Crippen molar-refractivity contribution in [2.45, 2.75) is 50.9 Å². The smallest absolute Gasteiger partial charge is 0.244 e. The number of nitrogens with zero attached hydrogens (tertiary/aromatic N) is 1. The summed E-state index contributed by atoms with van der Waals surface area (Å²) in [6.45, 7) is 4.40. The van der Waals surface area contributed by atoms with Crippen molar-refractivity contribution in [1.82, 2.24) is 10.2 Å². The van der Waals surface area contributed by atoms with Crippen LogP contribution in [0.5, 0.6) is 0 Å². The lowest BCUT2D eigenvalue weighted by Crippen LogP contribution is -2.35. The molecule has 2 unspecified atom stereocenters. The van der Waals surface area contributed by atoms with E-state index in [-0.39, 0.29) is 28.8 Å². The van der Waals surface area contributed by atoms with Gasteiger partial charge in [-0.1, -0.05) is 26.0 Å². The zero-order valence-electron chi connectivity index (χ0n) is 11.8. The first-order chi connectivity index (χ1) is 9.43. The van der Waals surface area contributed by atoms with Crippen molar-refractivity contribution < 1.29 is 9.18 Å². The van der Waals surface area contributed by atoms with E-state index in [1.54, 1.807) is 12.1 Å². The molecule has 1 saturated heterocycles. The Kier molecular flexibility index (Phi) is 2.23. The van der Waals surface area contributed by atoms with Gasteiger partial charge >= 0.3 is 0 Å². The van der Waals surface area contributed by atoms with Crippen LogP contribution in [0.1, 0.15) is 44.8 Å². The molecule has 4 rings (SSSR count). The first kappa shape index (κ1) is 12.3. The molecule has 1 aromatic rings. The third-order valence-electron chi connectivity index (χ3n) is 5.07. The van der Waals surface area contributed by atoms with E-state index >= 15 is 0 Å². The average Bonchev–Trinajstić information content (AvgIpc) is 3.26. The van der Waals surface area contributed by atoms with Gasteiger partial charge in [0.1, 0.15) is 17.5 Å². The molecule has 2 saturated carbocycles. The maximum absolute atomic E-state index is 13.1. The fraction of sp³-hybridized carbons (Fsp3) is 0.562. The van der Waals surface area contributed by atoms with Gasteiger partial charge < -0.3 is 4.90 Å². The third-order valence-corrected chi connectivity index (χ3v) is 5.07. The molecule has 20 heavy (non-hydrogen) atoms. The molecular formula is C16H19FN2O. The van der Waals surface area contributed by atoms with E-state index in [0.717, 1.165) is 24.8 Å². The molecule has 1 aromatic carbocycles. The molecular weight excluding hydrogens is 255 g/mol. The summed E-state index contributed by atoms with van der Waals surface area (Å²) < 4.78 is 13.1. The van der Waals surface area contributed by atoms with Gasteiger partial charge in [0.05, 0.1) is 0 Å². The molecule has 3 aliphatic rings. The molecule has 3 fully saturated rings. The van der Waals surface area contributed by atoms with Gasteiger partial charge in [-0.3, -0.25) is 10.1 Å².